The van der Waals surface area contributed by atoms with Crippen LogP contribution in [0.15, 0.2) is 60.8 Å². The number of carboxylic acid groups (broad SMARTS) is 1. The number of hydrogen-bond acceptors (Lipinski definition) is 5. The quantitative estimate of drug-likeness (QED) is 0.182. The van der Waals surface area contributed by atoms with Crippen molar-refractivity contribution in [1.82, 2.24) is 19.7 Å². The zero-order chi connectivity index (χ0) is 35.1. The Morgan fingerprint density at radius 3 is 2.63 bits per heavy atom. The van der Waals surface area contributed by atoms with Gasteiger partial charge in [-0.2, -0.15) is 16.9 Å². The van der Waals surface area contributed by atoms with E-state index in [9.17, 15) is 9.90 Å². The molecule has 258 valence electrons. The number of alkyl halides is 2. The van der Waals surface area contributed by atoms with Gasteiger partial charge in [0, 0.05) is 47.6 Å². The summed E-state index contributed by atoms with van der Waals surface area (Å²) in [5, 5.41) is 14.7. The summed E-state index contributed by atoms with van der Waals surface area (Å²) in [6, 6.07) is 14.6. The van der Waals surface area contributed by atoms with Crippen molar-refractivity contribution in [2.75, 3.05) is 11.5 Å². The van der Waals surface area contributed by atoms with E-state index in [1.54, 1.807) is 33.2 Å². The van der Waals surface area contributed by atoms with Crippen molar-refractivity contribution in [3.8, 4) is 22.9 Å². The number of carboxylic acids is 1. The lowest BCUT2D eigenvalue weighted by atomic mass is 9.71. The van der Waals surface area contributed by atoms with Gasteiger partial charge in [0.1, 0.15) is 11.6 Å². The fraction of sp³-hybridized carbons (Fsp3) is 0.378. The lowest BCUT2D eigenvalue weighted by Gasteiger charge is -2.37. The monoisotopic (exact) mass is 694 g/mol. The molecule has 0 spiro atoms. The van der Waals surface area contributed by atoms with E-state index in [1.807, 2.05) is 31.2 Å². The average Bonchev–Trinajstić information content (AvgIpc) is 3.69. The molecule has 5 aromatic rings. The number of carbonyl (C=O) groups is 1. The number of H-pyrrole nitrogens is 1. The van der Waals surface area contributed by atoms with Crippen LogP contribution in [-0.4, -0.2) is 48.3 Å². The van der Waals surface area contributed by atoms with Gasteiger partial charge in [-0.3, -0.25) is 4.79 Å². The molecule has 1 aliphatic heterocycles. The molecule has 7 nitrogen and oxygen atoms in total. The van der Waals surface area contributed by atoms with Crippen LogP contribution in [0.1, 0.15) is 62.5 Å². The van der Waals surface area contributed by atoms with Crippen LogP contribution in [0, 0.1) is 17.0 Å². The molecule has 1 aliphatic rings. The first-order chi connectivity index (χ1) is 23.2. The highest BCUT2D eigenvalue weighted by Crippen LogP contribution is 2.47. The molecule has 49 heavy (non-hydrogen) atoms. The maximum Gasteiger partial charge on any atom is 0.303 e. The molecule has 0 saturated carbocycles. The molecule has 4 bridgehead atoms. The first-order valence-corrected chi connectivity index (χ1v) is 17.3. The third kappa shape index (κ3) is 6.79. The van der Waals surface area contributed by atoms with Crippen LogP contribution < -0.4 is 4.74 Å². The Labute approximate surface area is 286 Å². The number of aryl methyl sites for hydroxylation is 3. The Kier molecular flexibility index (Phi) is 9.29. The number of thioether (sulfide) groups is 1. The van der Waals surface area contributed by atoms with Crippen molar-refractivity contribution in [2.24, 2.45) is 12.5 Å². The topological polar surface area (TPSA) is 93.0 Å². The highest BCUT2D eigenvalue weighted by Gasteiger charge is 2.48. The van der Waals surface area contributed by atoms with Gasteiger partial charge in [-0.15, -0.1) is 0 Å². The van der Waals surface area contributed by atoms with Crippen molar-refractivity contribution in [1.29, 1.82) is 0 Å². The minimum Gasteiger partial charge on any atom is -0.481 e. The van der Waals surface area contributed by atoms with Gasteiger partial charge in [-0.1, -0.05) is 38.1 Å². The predicted molar refractivity (Wildman–Crippen MR) is 183 cm³/mol. The van der Waals surface area contributed by atoms with E-state index in [-0.39, 0.29) is 55.0 Å². The number of ether oxygens (including phenoxy) is 1. The molecule has 0 saturated heterocycles. The van der Waals surface area contributed by atoms with Gasteiger partial charge >= 0.3 is 5.97 Å². The second kappa shape index (κ2) is 13.2. The first-order valence-electron chi connectivity index (χ1n) is 16.1. The van der Waals surface area contributed by atoms with E-state index < -0.39 is 40.1 Å². The molecular formula is C37H38F4N4O3S. The molecule has 0 fully saturated rings. The Morgan fingerprint density at radius 2 is 1.86 bits per heavy atom. The number of fused-ring (bicyclic) bond motifs is 8. The van der Waals surface area contributed by atoms with Crippen molar-refractivity contribution >= 4 is 28.6 Å². The van der Waals surface area contributed by atoms with E-state index in [0.29, 0.717) is 28.0 Å². The zero-order valence-electron chi connectivity index (χ0n) is 27.7. The molecule has 2 aromatic heterocycles. The van der Waals surface area contributed by atoms with Gasteiger partial charge in [0.2, 0.25) is 0 Å². The van der Waals surface area contributed by atoms with Crippen LogP contribution >= 0.6 is 11.8 Å². The lowest BCUT2D eigenvalue weighted by molar-refractivity contribution is -0.136. The number of nitrogens with zero attached hydrogens (tertiary/aromatic N) is 3. The largest absolute Gasteiger partial charge is 0.481 e. The predicted octanol–water partition coefficient (Wildman–Crippen LogP) is 9.09. The SMILES string of the molecule is Cn1nc2nc1-c1cc(ccc1F)Oc1c(F)cc3[nH]ccc3c1CCSCC(F)(F)C(C)(C)CCC2(C)c1cccc(CCC(=O)O)c1. The van der Waals surface area contributed by atoms with Crippen molar-refractivity contribution in [3.05, 3.63) is 94.9 Å². The molecule has 3 heterocycles. The van der Waals surface area contributed by atoms with Crippen LogP contribution in [0.25, 0.3) is 22.3 Å². The second-order valence-electron chi connectivity index (χ2n) is 13.5. The molecule has 1 atom stereocenters. The van der Waals surface area contributed by atoms with Gasteiger partial charge in [0.05, 0.1) is 16.7 Å². The van der Waals surface area contributed by atoms with Gasteiger partial charge in [0.25, 0.3) is 5.92 Å². The van der Waals surface area contributed by atoms with Crippen molar-refractivity contribution in [3.63, 3.8) is 0 Å². The number of aliphatic carboxylic acids is 1. The van der Waals surface area contributed by atoms with Gasteiger partial charge < -0.3 is 14.8 Å². The number of aromatic amines is 1. The number of nitrogens with one attached hydrogen (secondary N) is 1. The summed E-state index contributed by atoms with van der Waals surface area (Å²) in [5.74, 6) is -4.77. The fourth-order valence-corrected chi connectivity index (χ4v) is 7.45. The summed E-state index contributed by atoms with van der Waals surface area (Å²) in [4.78, 5) is 19.1. The number of hydrogen-bond donors (Lipinski definition) is 2. The van der Waals surface area contributed by atoms with Crippen molar-refractivity contribution < 1.29 is 32.2 Å². The molecule has 0 radical (unpaired) electrons. The minimum absolute atomic E-state index is 0.0486. The molecule has 6 rings (SSSR count). The number of halogens is 4. The molecule has 0 amide bonds. The summed E-state index contributed by atoms with van der Waals surface area (Å²) < 4.78 is 70.7. The summed E-state index contributed by atoms with van der Waals surface area (Å²) >= 11 is 1.10. The van der Waals surface area contributed by atoms with Gasteiger partial charge in [-0.25, -0.2) is 27.2 Å². The Morgan fingerprint density at radius 1 is 1.06 bits per heavy atom. The third-order valence-electron chi connectivity index (χ3n) is 9.73. The van der Waals surface area contributed by atoms with E-state index in [1.165, 1.54) is 28.9 Å². The molecule has 1 unspecified atom stereocenters. The Bertz CT molecular complexity index is 2020. The zero-order valence-corrected chi connectivity index (χ0v) is 28.6. The van der Waals surface area contributed by atoms with E-state index in [4.69, 9.17) is 14.8 Å². The minimum atomic E-state index is -3.07. The number of aromatic nitrogens is 4. The fourth-order valence-electron chi connectivity index (χ4n) is 6.31. The van der Waals surface area contributed by atoms with Gasteiger partial charge in [-0.05, 0) is 73.8 Å². The maximum absolute atomic E-state index is 16.0. The summed E-state index contributed by atoms with van der Waals surface area (Å²) in [6.45, 7) is 4.98. The van der Waals surface area contributed by atoms with Crippen LogP contribution in [0.5, 0.6) is 11.5 Å². The number of benzene rings is 3. The molecular weight excluding hydrogens is 656 g/mol. The molecule has 0 aliphatic carbocycles. The van der Waals surface area contributed by atoms with E-state index in [0.717, 1.165) is 22.9 Å². The smallest absolute Gasteiger partial charge is 0.303 e. The van der Waals surface area contributed by atoms with Crippen molar-refractivity contribution in [2.45, 2.75) is 64.2 Å². The van der Waals surface area contributed by atoms with Crippen LogP contribution in [0.4, 0.5) is 17.6 Å². The van der Waals surface area contributed by atoms with Gasteiger partial charge in [0.15, 0.2) is 23.2 Å². The Balaban J connectivity index is 1.50. The van der Waals surface area contributed by atoms with Crippen LogP contribution in [0.2, 0.25) is 0 Å². The highest BCUT2D eigenvalue weighted by molar-refractivity contribution is 7.99. The standard InChI is InChI=1S/C37H38F4N4O3S/c1-35(2)14-15-36(3,23-7-5-6-22(18-23)8-11-31(46)47)34-43-33(45(4)44-34)27-19-24(9-10-28(27)38)48-32-26(13-17-49-21-37(35,40)41)25-12-16-42-30(25)20-29(32)39/h5-7,9-10,12,16,18-20,42H,8,11,13-15,17,21H2,1-4H3,(H,46,47). The third-order valence-corrected chi connectivity index (χ3v) is 10.8. The average molecular weight is 695 g/mol. The Hall–Kier alpha value is -4.32. The van der Waals surface area contributed by atoms with E-state index in [2.05, 4.69) is 4.98 Å². The molecule has 3 aromatic carbocycles. The molecule has 12 heteroatoms. The van der Waals surface area contributed by atoms with Crippen LogP contribution in [-0.2, 0) is 30.1 Å². The lowest BCUT2D eigenvalue weighted by Crippen LogP contribution is -2.40. The first kappa shape index (κ1) is 34.5. The summed E-state index contributed by atoms with van der Waals surface area (Å²) in [7, 11) is 1.62. The number of rotatable bonds is 4. The normalized spacial score (nSPS) is 19.4. The van der Waals surface area contributed by atoms with Crippen LogP contribution in [0.3, 0.4) is 0 Å². The summed E-state index contributed by atoms with van der Waals surface area (Å²) in [6.07, 6.45) is 2.50. The molecule has 2 N–H and O–H groups in total. The second-order valence-corrected chi connectivity index (χ2v) is 14.7. The highest BCUT2D eigenvalue weighted by atomic mass is 32.2. The maximum atomic E-state index is 16.0. The van der Waals surface area contributed by atoms with E-state index >= 15 is 17.6 Å². The summed E-state index contributed by atoms with van der Waals surface area (Å²) in [5.41, 5.74) is 0.224.